The minimum atomic E-state index is 0.151. The van der Waals surface area contributed by atoms with Gasteiger partial charge in [0.05, 0.1) is 6.61 Å². The number of hydrogen-bond acceptors (Lipinski definition) is 3. The Kier molecular flexibility index (Phi) is 7.10. The highest BCUT2D eigenvalue weighted by Crippen LogP contribution is 2.26. The van der Waals surface area contributed by atoms with Gasteiger partial charge in [-0.2, -0.15) is 0 Å². The van der Waals surface area contributed by atoms with Crippen molar-refractivity contribution in [2.45, 2.75) is 65.0 Å². The maximum atomic E-state index is 11.9. The number of nitrogens with zero attached hydrogens (tertiary/aromatic N) is 1. The molecule has 4 nitrogen and oxygen atoms in total. The average Bonchev–Trinajstić information content (AvgIpc) is 3.39. The van der Waals surface area contributed by atoms with Crippen molar-refractivity contribution in [1.82, 2.24) is 10.2 Å². The van der Waals surface area contributed by atoms with Gasteiger partial charge in [0.2, 0.25) is 5.91 Å². The van der Waals surface area contributed by atoms with Crippen LogP contribution in [0.3, 0.4) is 0 Å². The number of rotatable bonds is 10. The summed E-state index contributed by atoms with van der Waals surface area (Å²) in [5, 5.41) is 3.05. The summed E-state index contributed by atoms with van der Waals surface area (Å²) in [5.74, 6) is 1.11. The number of benzene rings is 1. The lowest BCUT2D eigenvalue weighted by Crippen LogP contribution is -2.41. The quantitative estimate of drug-likeness (QED) is 0.667. The lowest BCUT2D eigenvalue weighted by atomic mass is 10.1. The van der Waals surface area contributed by atoms with E-state index in [0.29, 0.717) is 19.1 Å². The Balaban J connectivity index is 1.55. The van der Waals surface area contributed by atoms with E-state index in [9.17, 15) is 4.79 Å². The minimum absolute atomic E-state index is 0.151. The molecule has 0 radical (unpaired) electrons. The van der Waals surface area contributed by atoms with Crippen LogP contribution in [0.15, 0.2) is 18.2 Å². The van der Waals surface area contributed by atoms with Gasteiger partial charge in [-0.05, 0) is 70.7 Å². The van der Waals surface area contributed by atoms with Crippen molar-refractivity contribution in [1.29, 1.82) is 0 Å². The molecule has 1 aromatic rings. The second-order valence-corrected chi connectivity index (χ2v) is 7.12. The molecule has 1 fully saturated rings. The van der Waals surface area contributed by atoms with Crippen LogP contribution in [-0.4, -0.2) is 43.1 Å². The molecule has 0 aromatic heterocycles. The van der Waals surface area contributed by atoms with E-state index in [1.807, 2.05) is 0 Å². The standard InChI is InChI=1S/C20H32N2O2/c1-15-8-9-16(2)19(13-15)24-12-6-5-7-20(23)21-14-17(3)22(4)18-10-11-18/h8-9,13,17-18H,5-7,10-12,14H2,1-4H3,(H,21,23). The second kappa shape index (κ2) is 9.07. The molecule has 24 heavy (non-hydrogen) atoms. The van der Waals surface area contributed by atoms with E-state index in [1.54, 1.807) is 0 Å². The van der Waals surface area contributed by atoms with Crippen LogP contribution >= 0.6 is 0 Å². The van der Waals surface area contributed by atoms with Crippen LogP contribution in [0.1, 0.15) is 50.2 Å². The maximum absolute atomic E-state index is 11.9. The van der Waals surface area contributed by atoms with Crippen molar-refractivity contribution in [2.24, 2.45) is 0 Å². The molecule has 0 spiro atoms. The Morgan fingerprint density at radius 1 is 1.33 bits per heavy atom. The van der Waals surface area contributed by atoms with E-state index < -0.39 is 0 Å². The second-order valence-electron chi connectivity index (χ2n) is 7.12. The van der Waals surface area contributed by atoms with Gasteiger partial charge in [0, 0.05) is 25.0 Å². The van der Waals surface area contributed by atoms with Gasteiger partial charge in [0.15, 0.2) is 0 Å². The molecule has 4 heteroatoms. The Morgan fingerprint density at radius 3 is 2.79 bits per heavy atom. The van der Waals surface area contributed by atoms with Gasteiger partial charge in [-0.3, -0.25) is 9.69 Å². The number of ether oxygens (including phenoxy) is 1. The number of aryl methyl sites for hydroxylation is 2. The zero-order chi connectivity index (χ0) is 17.5. The fourth-order valence-electron chi connectivity index (χ4n) is 2.77. The first-order valence-corrected chi connectivity index (χ1v) is 9.16. The van der Waals surface area contributed by atoms with Gasteiger partial charge in [0.1, 0.15) is 5.75 Å². The van der Waals surface area contributed by atoms with E-state index in [1.165, 1.54) is 18.4 Å². The lowest BCUT2D eigenvalue weighted by Gasteiger charge is -2.24. The molecule has 134 valence electrons. The predicted molar refractivity (Wildman–Crippen MR) is 98.5 cm³/mol. The largest absolute Gasteiger partial charge is 0.493 e. The summed E-state index contributed by atoms with van der Waals surface area (Å²) < 4.78 is 5.82. The molecule has 1 amide bonds. The number of amides is 1. The number of carbonyl (C=O) groups is 1. The molecule has 0 saturated heterocycles. The maximum Gasteiger partial charge on any atom is 0.220 e. The molecule has 0 aliphatic heterocycles. The SMILES string of the molecule is Cc1ccc(C)c(OCCCCC(=O)NCC(C)N(C)C2CC2)c1. The first-order chi connectivity index (χ1) is 11.5. The number of nitrogens with one attached hydrogen (secondary N) is 1. The van der Waals surface area contributed by atoms with Gasteiger partial charge in [-0.25, -0.2) is 0 Å². The molecular weight excluding hydrogens is 300 g/mol. The Hall–Kier alpha value is -1.55. The van der Waals surface area contributed by atoms with Crippen LogP contribution < -0.4 is 10.1 Å². The summed E-state index contributed by atoms with van der Waals surface area (Å²) in [5.41, 5.74) is 2.37. The van der Waals surface area contributed by atoms with Gasteiger partial charge < -0.3 is 10.1 Å². The Morgan fingerprint density at radius 2 is 2.08 bits per heavy atom. The van der Waals surface area contributed by atoms with E-state index in [0.717, 1.165) is 36.7 Å². The number of hydrogen-bond donors (Lipinski definition) is 1. The summed E-state index contributed by atoms with van der Waals surface area (Å²) in [4.78, 5) is 14.3. The summed E-state index contributed by atoms with van der Waals surface area (Å²) in [6.07, 6.45) is 4.95. The van der Waals surface area contributed by atoms with Crippen LogP contribution in [0, 0.1) is 13.8 Å². The fourth-order valence-corrected chi connectivity index (χ4v) is 2.77. The van der Waals surface area contributed by atoms with Gasteiger partial charge in [0.25, 0.3) is 0 Å². The summed E-state index contributed by atoms with van der Waals surface area (Å²) in [6.45, 7) is 7.71. The van der Waals surface area contributed by atoms with Gasteiger partial charge in [-0.1, -0.05) is 12.1 Å². The van der Waals surface area contributed by atoms with Crippen LogP contribution in [-0.2, 0) is 4.79 Å². The van der Waals surface area contributed by atoms with Crippen molar-refractivity contribution in [2.75, 3.05) is 20.2 Å². The van der Waals surface area contributed by atoms with E-state index >= 15 is 0 Å². The monoisotopic (exact) mass is 332 g/mol. The highest BCUT2D eigenvalue weighted by atomic mass is 16.5. The van der Waals surface area contributed by atoms with Gasteiger partial charge in [-0.15, -0.1) is 0 Å². The molecule has 2 rings (SSSR count). The summed E-state index contributed by atoms with van der Waals surface area (Å²) in [7, 11) is 2.15. The Bertz CT molecular complexity index is 540. The molecule has 1 atom stereocenters. The van der Waals surface area contributed by atoms with Crippen molar-refractivity contribution in [3.63, 3.8) is 0 Å². The minimum Gasteiger partial charge on any atom is -0.493 e. The lowest BCUT2D eigenvalue weighted by molar-refractivity contribution is -0.121. The van der Waals surface area contributed by atoms with E-state index in [2.05, 4.69) is 56.2 Å². The third-order valence-corrected chi connectivity index (χ3v) is 4.81. The van der Waals surface area contributed by atoms with Crippen LogP contribution in [0.25, 0.3) is 0 Å². The summed E-state index contributed by atoms with van der Waals surface area (Å²) in [6, 6.07) is 7.39. The van der Waals surface area contributed by atoms with Crippen molar-refractivity contribution >= 4 is 5.91 Å². The Labute approximate surface area is 146 Å². The third-order valence-electron chi connectivity index (χ3n) is 4.81. The highest BCUT2D eigenvalue weighted by Gasteiger charge is 2.28. The number of likely N-dealkylation sites (N-methyl/N-ethyl adjacent to an activating group) is 1. The first-order valence-electron chi connectivity index (χ1n) is 9.16. The van der Waals surface area contributed by atoms with Crippen molar-refractivity contribution in [3.05, 3.63) is 29.3 Å². The molecular formula is C20H32N2O2. The van der Waals surface area contributed by atoms with E-state index in [-0.39, 0.29) is 5.91 Å². The third kappa shape index (κ3) is 6.16. The van der Waals surface area contributed by atoms with Crippen molar-refractivity contribution in [3.8, 4) is 5.75 Å². The smallest absolute Gasteiger partial charge is 0.220 e. The molecule has 0 bridgehead atoms. The molecule has 1 aliphatic rings. The average molecular weight is 332 g/mol. The van der Waals surface area contributed by atoms with Crippen LogP contribution in [0.4, 0.5) is 0 Å². The predicted octanol–water partition coefficient (Wildman–Crippen LogP) is 3.45. The molecule has 1 saturated carbocycles. The molecule has 1 aromatic carbocycles. The fraction of sp³-hybridized carbons (Fsp3) is 0.650. The topological polar surface area (TPSA) is 41.6 Å². The van der Waals surface area contributed by atoms with Crippen LogP contribution in [0.5, 0.6) is 5.75 Å². The number of unbranched alkanes of at least 4 members (excludes halogenated alkanes) is 1. The number of carbonyl (C=O) groups excluding carboxylic acids is 1. The van der Waals surface area contributed by atoms with E-state index in [4.69, 9.17) is 4.74 Å². The summed E-state index contributed by atoms with van der Waals surface area (Å²) >= 11 is 0. The zero-order valence-electron chi connectivity index (χ0n) is 15.6. The molecule has 1 aliphatic carbocycles. The zero-order valence-corrected chi connectivity index (χ0v) is 15.6. The molecule has 1 unspecified atom stereocenters. The molecule has 1 N–H and O–H groups in total. The van der Waals surface area contributed by atoms with Crippen LogP contribution in [0.2, 0.25) is 0 Å². The normalized spacial score (nSPS) is 15.4. The highest BCUT2D eigenvalue weighted by molar-refractivity contribution is 5.75. The first kappa shape index (κ1) is 18.8. The molecule has 0 heterocycles. The van der Waals surface area contributed by atoms with Crippen molar-refractivity contribution < 1.29 is 9.53 Å². The van der Waals surface area contributed by atoms with Gasteiger partial charge >= 0.3 is 0 Å².